The predicted octanol–water partition coefficient (Wildman–Crippen LogP) is 2.35. The summed E-state index contributed by atoms with van der Waals surface area (Å²) < 4.78 is 34.5. The average Bonchev–Trinajstić information content (AvgIpc) is 2.42. The van der Waals surface area contributed by atoms with Gasteiger partial charge in [0.2, 0.25) is 11.8 Å². The van der Waals surface area contributed by atoms with Crippen molar-refractivity contribution in [3.05, 3.63) is 29.3 Å². The summed E-state index contributed by atoms with van der Waals surface area (Å²) in [6.07, 6.45) is 0.0552. The first-order valence-corrected chi connectivity index (χ1v) is 8.39. The zero-order valence-electron chi connectivity index (χ0n) is 14.6. The van der Waals surface area contributed by atoms with Crippen molar-refractivity contribution < 1.29 is 23.1 Å². The molecule has 5 nitrogen and oxygen atoms in total. The van der Waals surface area contributed by atoms with Gasteiger partial charge in [-0.15, -0.1) is 0 Å². The molecule has 0 radical (unpaired) electrons. The number of likely N-dealkylation sites (tertiary alicyclic amines) is 1. The standard InChI is InChI=1S/C18H22F2N2O3/c1-18(2,3)22-8-11(9-22)25-10-6-13(19)16(14(20)7-10)12-4-5-15(23)21-17(12)24/h6-7,11-12H,4-5,8-9H2,1-3H3,(H,21,23,24)/t12-/m1/s1. The molecule has 2 amide bonds. The lowest BCUT2D eigenvalue weighted by molar-refractivity contribution is -0.134. The van der Waals surface area contributed by atoms with E-state index in [9.17, 15) is 18.4 Å². The number of rotatable bonds is 3. The quantitative estimate of drug-likeness (QED) is 0.849. The molecule has 2 saturated heterocycles. The molecule has 0 bridgehead atoms. The molecular weight excluding hydrogens is 330 g/mol. The highest BCUT2D eigenvalue weighted by molar-refractivity contribution is 6.01. The molecule has 1 aromatic carbocycles. The number of ether oxygens (including phenoxy) is 1. The van der Waals surface area contributed by atoms with Crippen LogP contribution < -0.4 is 10.1 Å². The second-order valence-electron chi connectivity index (χ2n) is 7.62. The first-order chi connectivity index (χ1) is 11.6. The van der Waals surface area contributed by atoms with Gasteiger partial charge in [-0.05, 0) is 27.2 Å². The van der Waals surface area contributed by atoms with Crippen molar-refractivity contribution >= 4 is 11.8 Å². The van der Waals surface area contributed by atoms with E-state index >= 15 is 0 Å². The van der Waals surface area contributed by atoms with Gasteiger partial charge in [0.15, 0.2) is 0 Å². The highest BCUT2D eigenvalue weighted by Gasteiger charge is 2.36. The molecule has 2 heterocycles. The maximum Gasteiger partial charge on any atom is 0.234 e. The van der Waals surface area contributed by atoms with Crippen molar-refractivity contribution in [2.45, 2.75) is 51.2 Å². The Bertz CT molecular complexity index is 686. The monoisotopic (exact) mass is 352 g/mol. The molecule has 2 aliphatic heterocycles. The van der Waals surface area contributed by atoms with Gasteiger partial charge in [-0.1, -0.05) is 0 Å². The van der Waals surface area contributed by atoms with Crippen molar-refractivity contribution in [2.24, 2.45) is 0 Å². The summed E-state index contributed by atoms with van der Waals surface area (Å²) in [5.74, 6) is -3.61. The Morgan fingerprint density at radius 3 is 2.28 bits per heavy atom. The number of nitrogens with one attached hydrogen (secondary N) is 1. The molecule has 1 aromatic rings. The number of carbonyl (C=O) groups is 2. The van der Waals surface area contributed by atoms with Crippen LogP contribution in [0, 0.1) is 11.6 Å². The summed E-state index contributed by atoms with van der Waals surface area (Å²) in [5, 5.41) is 2.12. The van der Waals surface area contributed by atoms with E-state index in [1.165, 1.54) is 0 Å². The molecule has 3 rings (SSSR count). The molecule has 0 aromatic heterocycles. The van der Waals surface area contributed by atoms with E-state index < -0.39 is 29.4 Å². The summed E-state index contributed by atoms with van der Waals surface area (Å²) in [4.78, 5) is 25.3. The highest BCUT2D eigenvalue weighted by atomic mass is 19.1. The summed E-state index contributed by atoms with van der Waals surface area (Å²) in [6.45, 7) is 7.68. The van der Waals surface area contributed by atoms with Crippen molar-refractivity contribution in [1.82, 2.24) is 10.2 Å². The number of piperidine rings is 1. The zero-order chi connectivity index (χ0) is 18.4. The van der Waals surface area contributed by atoms with Crippen LogP contribution in [0.25, 0.3) is 0 Å². The van der Waals surface area contributed by atoms with E-state index in [2.05, 4.69) is 31.0 Å². The van der Waals surface area contributed by atoms with Gasteiger partial charge in [0.25, 0.3) is 0 Å². The molecule has 0 spiro atoms. The number of hydrogen-bond acceptors (Lipinski definition) is 4. The Labute approximate surface area is 145 Å². The van der Waals surface area contributed by atoms with Crippen LogP contribution in [0.1, 0.15) is 45.1 Å². The number of hydrogen-bond donors (Lipinski definition) is 1. The van der Waals surface area contributed by atoms with Gasteiger partial charge < -0.3 is 4.74 Å². The molecule has 0 aliphatic carbocycles. The lowest BCUT2D eigenvalue weighted by Gasteiger charge is -2.47. The van der Waals surface area contributed by atoms with E-state index in [-0.39, 0.29) is 35.8 Å². The molecule has 1 N–H and O–H groups in total. The molecule has 2 aliphatic rings. The minimum Gasteiger partial charge on any atom is -0.488 e. The third-order valence-corrected chi connectivity index (χ3v) is 4.74. The largest absolute Gasteiger partial charge is 0.488 e. The molecule has 136 valence electrons. The van der Waals surface area contributed by atoms with Crippen LogP contribution >= 0.6 is 0 Å². The number of imide groups is 1. The second-order valence-corrected chi connectivity index (χ2v) is 7.62. The fourth-order valence-electron chi connectivity index (χ4n) is 3.18. The summed E-state index contributed by atoms with van der Waals surface area (Å²) in [7, 11) is 0. The lowest BCUT2D eigenvalue weighted by Crippen LogP contribution is -2.60. The van der Waals surface area contributed by atoms with E-state index in [4.69, 9.17) is 4.74 Å². The number of amides is 2. The van der Waals surface area contributed by atoms with Gasteiger partial charge >= 0.3 is 0 Å². The fourth-order valence-corrected chi connectivity index (χ4v) is 3.18. The van der Waals surface area contributed by atoms with Gasteiger partial charge in [0.05, 0.1) is 5.92 Å². The molecule has 1 atom stereocenters. The van der Waals surface area contributed by atoms with Crippen molar-refractivity contribution in [1.29, 1.82) is 0 Å². The van der Waals surface area contributed by atoms with Gasteiger partial charge in [-0.3, -0.25) is 19.8 Å². The van der Waals surface area contributed by atoms with Gasteiger partial charge in [0, 0.05) is 42.7 Å². The maximum atomic E-state index is 14.4. The van der Waals surface area contributed by atoms with Crippen molar-refractivity contribution in [2.75, 3.05) is 13.1 Å². The van der Waals surface area contributed by atoms with Crippen LogP contribution in [-0.4, -0.2) is 41.4 Å². The first-order valence-electron chi connectivity index (χ1n) is 8.39. The van der Waals surface area contributed by atoms with E-state index in [0.717, 1.165) is 12.1 Å². The van der Waals surface area contributed by atoms with Gasteiger partial charge in [0.1, 0.15) is 23.5 Å². The van der Waals surface area contributed by atoms with Gasteiger partial charge in [-0.25, -0.2) is 8.78 Å². The van der Waals surface area contributed by atoms with Crippen molar-refractivity contribution in [3.8, 4) is 5.75 Å². The SMILES string of the molecule is CC(C)(C)N1CC(Oc2cc(F)c([C@H]3CCC(=O)NC3=O)c(F)c2)C1. The Hall–Kier alpha value is -2.02. The molecule has 25 heavy (non-hydrogen) atoms. The third kappa shape index (κ3) is 3.66. The van der Waals surface area contributed by atoms with Crippen LogP contribution in [0.15, 0.2) is 12.1 Å². The summed E-state index contributed by atoms with van der Waals surface area (Å²) in [5.41, 5.74) is -0.270. The highest BCUT2D eigenvalue weighted by Crippen LogP contribution is 2.33. The van der Waals surface area contributed by atoms with Crippen LogP contribution in [0.5, 0.6) is 5.75 Å². The molecular formula is C18H22F2N2O3. The average molecular weight is 352 g/mol. The van der Waals surface area contributed by atoms with Gasteiger partial charge in [-0.2, -0.15) is 0 Å². The minimum absolute atomic E-state index is 0.0337. The molecule has 0 saturated carbocycles. The minimum atomic E-state index is -0.994. The van der Waals surface area contributed by atoms with Crippen LogP contribution in [0.2, 0.25) is 0 Å². The number of nitrogens with zero attached hydrogens (tertiary/aromatic N) is 1. The lowest BCUT2D eigenvalue weighted by atomic mass is 9.89. The summed E-state index contributed by atoms with van der Waals surface area (Å²) >= 11 is 0. The Morgan fingerprint density at radius 2 is 1.76 bits per heavy atom. The molecule has 0 unspecified atom stereocenters. The Balaban J connectivity index is 1.71. The molecule has 7 heteroatoms. The summed E-state index contributed by atoms with van der Waals surface area (Å²) in [6, 6.07) is 2.23. The van der Waals surface area contributed by atoms with E-state index in [1.54, 1.807) is 0 Å². The molecule has 2 fully saturated rings. The third-order valence-electron chi connectivity index (χ3n) is 4.74. The number of benzene rings is 1. The number of halogens is 2. The van der Waals surface area contributed by atoms with Crippen molar-refractivity contribution in [3.63, 3.8) is 0 Å². The van der Waals surface area contributed by atoms with Crippen LogP contribution in [0.3, 0.4) is 0 Å². The Kier molecular flexibility index (Phi) is 4.53. The smallest absolute Gasteiger partial charge is 0.234 e. The predicted molar refractivity (Wildman–Crippen MR) is 87.2 cm³/mol. The van der Waals surface area contributed by atoms with E-state index in [0.29, 0.717) is 13.1 Å². The fraction of sp³-hybridized carbons (Fsp3) is 0.556. The maximum absolute atomic E-state index is 14.4. The van der Waals surface area contributed by atoms with Crippen LogP contribution in [0.4, 0.5) is 8.78 Å². The first kappa shape index (κ1) is 17.8. The second kappa shape index (κ2) is 6.37. The normalized spacial score (nSPS) is 22.5. The Morgan fingerprint density at radius 1 is 1.16 bits per heavy atom. The topological polar surface area (TPSA) is 58.6 Å². The number of carbonyl (C=O) groups excluding carboxylic acids is 2. The zero-order valence-corrected chi connectivity index (χ0v) is 14.6. The van der Waals surface area contributed by atoms with E-state index in [1.807, 2.05) is 0 Å². The van der Waals surface area contributed by atoms with Crippen LogP contribution in [-0.2, 0) is 9.59 Å².